The Labute approximate surface area is 223 Å². The van der Waals surface area contributed by atoms with E-state index in [1.807, 2.05) is 37.3 Å². The van der Waals surface area contributed by atoms with Gasteiger partial charge >= 0.3 is 0 Å². The third-order valence-electron chi connectivity index (χ3n) is 7.28. The van der Waals surface area contributed by atoms with Crippen LogP contribution in [0, 0.1) is 6.92 Å². The number of fused-ring (bicyclic) bond motifs is 1. The standard InChI is InChI=1S/C31H36N2O3S/c1-4-24(34)13-9-6-10-16-31(19-29(32)35,28-17-23(20-37-28)22-11-7-5-8-12-22)30-21(2)33-27-15-14-25(36-3)18-26(27)30/h5,7-8,11-12,14-15,17-18,20,33H,4,6,9-10,13,16,19H2,1-3H3,(H2,32,35). The van der Waals surface area contributed by atoms with Crippen molar-refractivity contribution in [3.8, 4) is 16.9 Å². The number of benzene rings is 2. The van der Waals surface area contributed by atoms with Gasteiger partial charge in [-0.3, -0.25) is 9.59 Å². The number of carbonyl (C=O) groups is 2. The molecule has 0 saturated heterocycles. The highest BCUT2D eigenvalue weighted by molar-refractivity contribution is 7.10. The monoisotopic (exact) mass is 516 g/mol. The Morgan fingerprint density at radius 1 is 1.03 bits per heavy atom. The fourth-order valence-corrected chi connectivity index (χ4v) is 6.61. The Morgan fingerprint density at radius 3 is 2.51 bits per heavy atom. The first kappa shape index (κ1) is 26.7. The predicted octanol–water partition coefficient (Wildman–Crippen LogP) is 7.30. The molecule has 0 radical (unpaired) electrons. The van der Waals surface area contributed by atoms with Gasteiger partial charge in [0.15, 0.2) is 0 Å². The number of Topliss-reactive ketones (excluding diaryl/α,β-unsaturated/α-hetero) is 1. The molecule has 2 heterocycles. The van der Waals surface area contributed by atoms with Crippen molar-refractivity contribution in [1.82, 2.24) is 4.98 Å². The number of hydrogen-bond acceptors (Lipinski definition) is 4. The van der Waals surface area contributed by atoms with Crippen LogP contribution in [-0.4, -0.2) is 23.8 Å². The second-order valence-electron chi connectivity index (χ2n) is 9.78. The molecule has 0 fully saturated rings. The summed E-state index contributed by atoms with van der Waals surface area (Å²) in [6.07, 6.45) is 4.84. The van der Waals surface area contributed by atoms with Gasteiger partial charge in [0, 0.05) is 46.2 Å². The number of carbonyl (C=O) groups excluding carboxylic acids is 2. The van der Waals surface area contributed by atoms with Crippen LogP contribution >= 0.6 is 11.3 Å². The molecular formula is C31H36N2O3S. The molecule has 1 unspecified atom stereocenters. The van der Waals surface area contributed by atoms with E-state index in [0.717, 1.165) is 69.6 Å². The molecule has 1 atom stereocenters. The average Bonchev–Trinajstić information content (AvgIpc) is 3.52. The minimum Gasteiger partial charge on any atom is -0.497 e. The summed E-state index contributed by atoms with van der Waals surface area (Å²) >= 11 is 1.68. The van der Waals surface area contributed by atoms with Crippen LogP contribution in [0.5, 0.6) is 5.75 Å². The van der Waals surface area contributed by atoms with E-state index in [9.17, 15) is 9.59 Å². The fourth-order valence-electron chi connectivity index (χ4n) is 5.45. The van der Waals surface area contributed by atoms with Crippen molar-refractivity contribution in [2.24, 2.45) is 5.73 Å². The Hall–Kier alpha value is -3.38. The van der Waals surface area contributed by atoms with Crippen molar-refractivity contribution in [2.75, 3.05) is 7.11 Å². The molecule has 2 aromatic heterocycles. The van der Waals surface area contributed by atoms with Gasteiger partial charge in [-0.2, -0.15) is 0 Å². The highest BCUT2D eigenvalue weighted by Gasteiger charge is 2.40. The zero-order valence-corrected chi connectivity index (χ0v) is 22.8. The van der Waals surface area contributed by atoms with E-state index in [0.29, 0.717) is 18.6 Å². The number of nitrogens with one attached hydrogen (secondary N) is 1. The van der Waals surface area contributed by atoms with Crippen molar-refractivity contribution in [3.63, 3.8) is 0 Å². The Balaban J connectivity index is 1.83. The van der Waals surface area contributed by atoms with Crippen molar-refractivity contribution < 1.29 is 14.3 Å². The molecule has 4 rings (SSSR count). The molecule has 0 spiro atoms. The van der Waals surface area contributed by atoms with Crippen molar-refractivity contribution in [2.45, 2.75) is 64.2 Å². The summed E-state index contributed by atoms with van der Waals surface area (Å²) < 4.78 is 5.56. The van der Waals surface area contributed by atoms with E-state index in [2.05, 4.69) is 41.6 Å². The van der Waals surface area contributed by atoms with Gasteiger partial charge in [-0.15, -0.1) is 11.3 Å². The van der Waals surface area contributed by atoms with Crippen LogP contribution in [0.2, 0.25) is 0 Å². The number of aromatic amines is 1. The Kier molecular flexibility index (Phi) is 8.49. The minimum absolute atomic E-state index is 0.209. The lowest BCUT2D eigenvalue weighted by Gasteiger charge is -2.33. The molecule has 2 aromatic carbocycles. The maximum atomic E-state index is 12.7. The second kappa shape index (κ2) is 11.8. The lowest BCUT2D eigenvalue weighted by Crippen LogP contribution is -2.33. The number of unbranched alkanes of at least 4 members (excludes halogenated alkanes) is 2. The summed E-state index contributed by atoms with van der Waals surface area (Å²) in [5.41, 5.74) is 10.8. The van der Waals surface area contributed by atoms with Gasteiger partial charge in [0.1, 0.15) is 11.5 Å². The largest absolute Gasteiger partial charge is 0.497 e. The molecule has 37 heavy (non-hydrogen) atoms. The van der Waals surface area contributed by atoms with Crippen LogP contribution in [-0.2, 0) is 15.0 Å². The van der Waals surface area contributed by atoms with Gasteiger partial charge in [0.2, 0.25) is 5.91 Å². The average molecular weight is 517 g/mol. The molecule has 5 nitrogen and oxygen atoms in total. The number of ketones is 1. The summed E-state index contributed by atoms with van der Waals surface area (Å²) in [5.74, 6) is 0.746. The summed E-state index contributed by atoms with van der Waals surface area (Å²) in [7, 11) is 1.67. The molecule has 1 amide bonds. The number of H-pyrrole nitrogens is 1. The topological polar surface area (TPSA) is 85.2 Å². The smallest absolute Gasteiger partial charge is 0.218 e. The van der Waals surface area contributed by atoms with E-state index in [1.54, 1.807) is 18.4 Å². The molecule has 194 valence electrons. The molecule has 0 saturated carbocycles. The third kappa shape index (κ3) is 5.80. The van der Waals surface area contributed by atoms with Crippen LogP contribution in [0.3, 0.4) is 0 Å². The summed E-state index contributed by atoms with van der Waals surface area (Å²) in [6, 6.07) is 18.6. The molecule has 0 aliphatic carbocycles. The molecule has 4 aromatic rings. The first-order valence-corrected chi connectivity index (χ1v) is 13.9. The normalized spacial score (nSPS) is 12.9. The molecule has 0 bridgehead atoms. The number of aryl methyl sites for hydroxylation is 1. The van der Waals surface area contributed by atoms with Gasteiger partial charge in [0.05, 0.1) is 7.11 Å². The number of nitrogens with two attached hydrogens (primary N) is 1. The van der Waals surface area contributed by atoms with E-state index in [1.165, 1.54) is 0 Å². The number of methoxy groups -OCH3 is 1. The lowest BCUT2D eigenvalue weighted by atomic mass is 9.70. The zero-order valence-electron chi connectivity index (χ0n) is 21.9. The Morgan fingerprint density at radius 2 is 1.81 bits per heavy atom. The number of ether oxygens (including phenoxy) is 1. The first-order chi connectivity index (χ1) is 17.9. The number of amides is 1. The number of hydrogen-bond donors (Lipinski definition) is 2. The van der Waals surface area contributed by atoms with E-state index in [4.69, 9.17) is 10.5 Å². The maximum absolute atomic E-state index is 12.7. The lowest BCUT2D eigenvalue weighted by molar-refractivity contribution is -0.119. The van der Waals surface area contributed by atoms with Crippen LogP contribution < -0.4 is 10.5 Å². The van der Waals surface area contributed by atoms with Gasteiger partial charge in [-0.25, -0.2) is 0 Å². The maximum Gasteiger partial charge on any atom is 0.218 e. The highest BCUT2D eigenvalue weighted by atomic mass is 32.1. The molecule has 3 N–H and O–H groups in total. The summed E-state index contributed by atoms with van der Waals surface area (Å²) in [4.78, 5) is 29.2. The van der Waals surface area contributed by atoms with Crippen LogP contribution in [0.15, 0.2) is 60.0 Å². The third-order valence-corrected chi connectivity index (χ3v) is 8.41. The zero-order chi connectivity index (χ0) is 26.4. The number of rotatable bonds is 13. The second-order valence-corrected chi connectivity index (χ2v) is 10.7. The Bertz CT molecular complexity index is 1370. The SMILES string of the molecule is CCC(=O)CCCCCC(CC(N)=O)(c1cc(-c2ccccc2)cs1)c1c(C)[nH]c2ccc(OC)cc12. The van der Waals surface area contributed by atoms with Crippen LogP contribution in [0.25, 0.3) is 22.0 Å². The van der Waals surface area contributed by atoms with Gasteiger partial charge < -0.3 is 15.5 Å². The summed E-state index contributed by atoms with van der Waals surface area (Å²) in [5, 5.41) is 3.22. The van der Waals surface area contributed by atoms with Crippen molar-refractivity contribution >= 4 is 33.9 Å². The highest BCUT2D eigenvalue weighted by Crippen LogP contribution is 2.48. The molecular weight excluding hydrogens is 480 g/mol. The number of thiophene rings is 1. The molecule has 0 aliphatic heterocycles. The van der Waals surface area contributed by atoms with E-state index >= 15 is 0 Å². The number of primary amides is 1. The van der Waals surface area contributed by atoms with Gasteiger partial charge in [-0.05, 0) is 66.1 Å². The quantitative estimate of drug-likeness (QED) is 0.183. The van der Waals surface area contributed by atoms with Gasteiger partial charge in [0.25, 0.3) is 0 Å². The van der Waals surface area contributed by atoms with Crippen LogP contribution in [0.1, 0.15) is 68.0 Å². The van der Waals surface area contributed by atoms with E-state index in [-0.39, 0.29) is 12.3 Å². The van der Waals surface area contributed by atoms with E-state index < -0.39 is 5.41 Å². The minimum atomic E-state index is -0.590. The summed E-state index contributed by atoms with van der Waals surface area (Å²) in [6.45, 7) is 3.98. The van der Waals surface area contributed by atoms with Crippen molar-refractivity contribution in [3.05, 3.63) is 76.1 Å². The fraction of sp³-hybridized carbons (Fsp3) is 0.355. The van der Waals surface area contributed by atoms with Gasteiger partial charge in [-0.1, -0.05) is 50.1 Å². The first-order valence-electron chi connectivity index (χ1n) is 13.0. The van der Waals surface area contributed by atoms with Crippen LogP contribution in [0.4, 0.5) is 0 Å². The molecule has 6 heteroatoms. The van der Waals surface area contributed by atoms with Crippen molar-refractivity contribution in [1.29, 1.82) is 0 Å². The number of aromatic nitrogens is 1. The molecule has 0 aliphatic rings. The predicted molar refractivity (Wildman–Crippen MR) is 152 cm³/mol.